The van der Waals surface area contributed by atoms with Crippen LogP contribution in [-0.2, 0) is 0 Å². The minimum Gasteiger partial charge on any atom is -0.287 e. The summed E-state index contributed by atoms with van der Waals surface area (Å²) in [4.78, 5) is 2.62. The largest absolute Gasteiger partial charge is 0.287 e. The zero-order chi connectivity index (χ0) is 14.4. The van der Waals surface area contributed by atoms with E-state index in [1.165, 1.54) is 32.2 Å². The van der Waals surface area contributed by atoms with Crippen molar-refractivity contribution in [3.05, 3.63) is 35.9 Å². The molecule has 1 nitrogen and oxygen atoms in total. The van der Waals surface area contributed by atoms with Gasteiger partial charge in [-0.05, 0) is 50.8 Å². The lowest BCUT2D eigenvalue weighted by Gasteiger charge is -2.38. The predicted octanol–water partition coefficient (Wildman–Crippen LogP) is 4.33. The molecule has 0 aromatic heterocycles. The number of likely N-dealkylation sites (tertiary alicyclic amines) is 1. The first kappa shape index (κ1) is 15.1. The van der Waals surface area contributed by atoms with E-state index in [-0.39, 0.29) is 0 Å². The molecule has 1 heterocycles. The van der Waals surface area contributed by atoms with Crippen LogP contribution < -0.4 is 0 Å². The van der Waals surface area contributed by atoms with Crippen molar-refractivity contribution in [2.24, 2.45) is 5.92 Å². The van der Waals surface area contributed by atoms with E-state index in [1.54, 1.807) is 0 Å². The van der Waals surface area contributed by atoms with E-state index in [0.717, 1.165) is 5.56 Å². The van der Waals surface area contributed by atoms with Gasteiger partial charge in [0.1, 0.15) is 0 Å². The molecule has 1 aliphatic rings. The topological polar surface area (TPSA) is 3.24 Å². The zero-order valence-electron chi connectivity index (χ0n) is 13.1. The van der Waals surface area contributed by atoms with Crippen molar-refractivity contribution in [2.45, 2.75) is 58.5 Å². The first-order chi connectivity index (χ1) is 9.66. The van der Waals surface area contributed by atoms with Gasteiger partial charge in [-0.2, -0.15) is 0 Å². The van der Waals surface area contributed by atoms with Crippen molar-refractivity contribution in [2.75, 3.05) is 6.54 Å². The number of piperidine rings is 1. The molecular formula is C19H27N. The van der Waals surface area contributed by atoms with Crippen LogP contribution in [0.1, 0.15) is 52.0 Å². The van der Waals surface area contributed by atoms with Crippen molar-refractivity contribution < 1.29 is 0 Å². The second-order valence-corrected chi connectivity index (χ2v) is 6.36. The molecule has 1 aromatic carbocycles. The summed E-state index contributed by atoms with van der Waals surface area (Å²) in [6.45, 7) is 8.16. The fourth-order valence-electron chi connectivity index (χ4n) is 3.00. The lowest BCUT2D eigenvalue weighted by Crippen LogP contribution is -2.44. The molecular weight excluding hydrogens is 242 g/mol. The monoisotopic (exact) mass is 269 g/mol. The number of benzene rings is 1. The van der Waals surface area contributed by atoms with E-state index >= 15 is 0 Å². The van der Waals surface area contributed by atoms with Crippen LogP contribution in [0.4, 0.5) is 0 Å². The third-order valence-electron chi connectivity index (χ3n) is 4.11. The van der Waals surface area contributed by atoms with Crippen molar-refractivity contribution >= 4 is 0 Å². The van der Waals surface area contributed by atoms with Gasteiger partial charge in [0, 0.05) is 11.6 Å². The Morgan fingerprint density at radius 1 is 1.20 bits per heavy atom. The van der Waals surface area contributed by atoms with Gasteiger partial charge < -0.3 is 0 Å². The Kier molecular flexibility index (Phi) is 5.68. The summed E-state index contributed by atoms with van der Waals surface area (Å²) in [6.07, 6.45) is 5.19. The van der Waals surface area contributed by atoms with Crippen molar-refractivity contribution in [1.29, 1.82) is 0 Å². The summed E-state index contributed by atoms with van der Waals surface area (Å²) in [7, 11) is 0. The van der Waals surface area contributed by atoms with E-state index in [4.69, 9.17) is 0 Å². The summed E-state index contributed by atoms with van der Waals surface area (Å²) in [5.41, 5.74) is 1.13. The second-order valence-electron chi connectivity index (χ2n) is 6.36. The highest BCUT2D eigenvalue weighted by atomic mass is 15.2. The van der Waals surface area contributed by atoms with Crippen LogP contribution >= 0.6 is 0 Å². The molecule has 1 aromatic rings. The van der Waals surface area contributed by atoms with Crippen LogP contribution in [0.5, 0.6) is 0 Å². The van der Waals surface area contributed by atoms with Crippen LogP contribution in [0.25, 0.3) is 0 Å². The quantitative estimate of drug-likeness (QED) is 0.738. The zero-order valence-corrected chi connectivity index (χ0v) is 13.1. The molecule has 20 heavy (non-hydrogen) atoms. The van der Waals surface area contributed by atoms with Gasteiger partial charge in [0.15, 0.2) is 0 Å². The van der Waals surface area contributed by atoms with E-state index in [1.807, 2.05) is 6.07 Å². The maximum Gasteiger partial charge on any atom is 0.0723 e. The Morgan fingerprint density at radius 3 is 2.60 bits per heavy atom. The van der Waals surface area contributed by atoms with Crippen LogP contribution in [0.2, 0.25) is 0 Å². The fraction of sp³-hybridized carbons (Fsp3) is 0.579. The summed E-state index contributed by atoms with van der Waals surface area (Å²) in [5, 5.41) is 0. The standard InChI is InChI=1S/C19H27N/c1-16(2)15-19(20-14-8-7-9-17(20)3)13-12-18-10-5-4-6-11-18/h4-6,10-11,16-17,19H,7-9,14-15H2,1-3H3. The van der Waals surface area contributed by atoms with E-state index in [2.05, 4.69) is 61.8 Å². The molecule has 108 valence electrons. The number of nitrogens with zero attached hydrogens (tertiary/aromatic N) is 1. The summed E-state index contributed by atoms with van der Waals surface area (Å²) in [5.74, 6) is 7.61. The third kappa shape index (κ3) is 4.39. The van der Waals surface area contributed by atoms with Gasteiger partial charge in [-0.25, -0.2) is 0 Å². The maximum atomic E-state index is 3.54. The molecule has 1 aliphatic heterocycles. The molecule has 1 heteroatoms. The smallest absolute Gasteiger partial charge is 0.0723 e. The molecule has 0 saturated carbocycles. The Bertz CT molecular complexity index is 452. The lowest BCUT2D eigenvalue weighted by molar-refractivity contribution is 0.121. The molecule has 2 rings (SSSR count). The minimum atomic E-state index is 0.408. The molecule has 2 unspecified atom stereocenters. The minimum absolute atomic E-state index is 0.408. The Hall–Kier alpha value is -1.26. The van der Waals surface area contributed by atoms with Gasteiger partial charge in [-0.1, -0.05) is 50.3 Å². The second kappa shape index (κ2) is 7.50. The Morgan fingerprint density at radius 2 is 1.95 bits per heavy atom. The Balaban J connectivity index is 2.13. The van der Waals surface area contributed by atoms with E-state index < -0.39 is 0 Å². The van der Waals surface area contributed by atoms with Gasteiger partial charge in [0.05, 0.1) is 6.04 Å². The molecule has 0 N–H and O–H groups in total. The third-order valence-corrected chi connectivity index (χ3v) is 4.11. The van der Waals surface area contributed by atoms with Gasteiger partial charge in [0.25, 0.3) is 0 Å². The molecule has 0 bridgehead atoms. The van der Waals surface area contributed by atoms with Gasteiger partial charge in [-0.3, -0.25) is 4.90 Å². The van der Waals surface area contributed by atoms with Crippen molar-refractivity contribution in [1.82, 2.24) is 4.90 Å². The van der Waals surface area contributed by atoms with E-state index in [9.17, 15) is 0 Å². The summed E-state index contributed by atoms with van der Waals surface area (Å²) < 4.78 is 0. The molecule has 2 atom stereocenters. The van der Waals surface area contributed by atoms with Crippen molar-refractivity contribution in [3.8, 4) is 11.8 Å². The van der Waals surface area contributed by atoms with Crippen molar-refractivity contribution in [3.63, 3.8) is 0 Å². The first-order valence-corrected chi connectivity index (χ1v) is 7.99. The molecule has 0 spiro atoms. The van der Waals surface area contributed by atoms with E-state index in [0.29, 0.717) is 18.0 Å². The Labute approximate surface area is 124 Å². The number of rotatable bonds is 3. The molecule has 0 amide bonds. The molecule has 1 saturated heterocycles. The highest BCUT2D eigenvalue weighted by Crippen LogP contribution is 2.22. The molecule has 1 fully saturated rings. The fourth-order valence-corrected chi connectivity index (χ4v) is 3.00. The summed E-state index contributed by atoms with van der Waals surface area (Å²) in [6, 6.07) is 11.4. The average molecular weight is 269 g/mol. The SMILES string of the molecule is CC(C)CC(C#Cc1ccccc1)N1CCCCC1C. The highest BCUT2D eigenvalue weighted by molar-refractivity contribution is 5.34. The average Bonchev–Trinajstić information content (AvgIpc) is 2.45. The van der Waals surface area contributed by atoms with Gasteiger partial charge >= 0.3 is 0 Å². The normalized spacial score (nSPS) is 21.3. The maximum absolute atomic E-state index is 3.54. The van der Waals surface area contributed by atoms with Crippen LogP contribution in [0.15, 0.2) is 30.3 Å². The molecule has 0 radical (unpaired) electrons. The summed E-state index contributed by atoms with van der Waals surface area (Å²) >= 11 is 0. The number of hydrogen-bond donors (Lipinski definition) is 0. The number of hydrogen-bond acceptors (Lipinski definition) is 1. The van der Waals surface area contributed by atoms with Crippen LogP contribution in [0, 0.1) is 17.8 Å². The first-order valence-electron chi connectivity index (χ1n) is 7.99. The van der Waals surface area contributed by atoms with Gasteiger partial charge in [0.2, 0.25) is 0 Å². The lowest BCUT2D eigenvalue weighted by atomic mass is 9.96. The van der Waals surface area contributed by atoms with Crippen LogP contribution in [0.3, 0.4) is 0 Å². The predicted molar refractivity (Wildman–Crippen MR) is 86.6 cm³/mol. The highest BCUT2D eigenvalue weighted by Gasteiger charge is 2.25. The molecule has 0 aliphatic carbocycles. The van der Waals surface area contributed by atoms with Gasteiger partial charge in [-0.15, -0.1) is 0 Å². The van der Waals surface area contributed by atoms with Crippen LogP contribution in [-0.4, -0.2) is 23.5 Å².